The predicted molar refractivity (Wildman–Crippen MR) is 65.3 cm³/mol. The van der Waals surface area contributed by atoms with E-state index in [9.17, 15) is 0 Å². The van der Waals surface area contributed by atoms with Gasteiger partial charge in [0.15, 0.2) is 0 Å². The summed E-state index contributed by atoms with van der Waals surface area (Å²) in [6, 6.07) is 0.128. The highest BCUT2D eigenvalue weighted by molar-refractivity contribution is 7.98. The monoisotopic (exact) mass is 243 g/mol. The van der Waals surface area contributed by atoms with Crippen molar-refractivity contribution >= 4 is 11.8 Å². The quantitative estimate of drug-likeness (QED) is 0.808. The molecule has 1 unspecified atom stereocenters. The molecule has 5 nitrogen and oxygen atoms in total. The van der Waals surface area contributed by atoms with E-state index >= 15 is 0 Å². The number of hydrogen-bond donors (Lipinski definition) is 1. The Labute approximate surface area is 100.0 Å². The van der Waals surface area contributed by atoms with Crippen molar-refractivity contribution in [2.24, 2.45) is 0 Å². The van der Waals surface area contributed by atoms with Crippen molar-refractivity contribution in [1.29, 1.82) is 0 Å². The van der Waals surface area contributed by atoms with Gasteiger partial charge in [-0.05, 0) is 13.3 Å². The van der Waals surface area contributed by atoms with E-state index in [-0.39, 0.29) is 6.04 Å². The third kappa shape index (κ3) is 2.99. The summed E-state index contributed by atoms with van der Waals surface area (Å²) in [5.41, 5.74) is 0.806. The number of ether oxygens (including phenoxy) is 2. The van der Waals surface area contributed by atoms with Crippen LogP contribution in [-0.2, 0) is 0 Å². The molecule has 1 aromatic rings. The number of hydrogen-bond acceptors (Lipinski definition) is 6. The molecule has 0 bridgehead atoms. The smallest absolute Gasteiger partial charge is 0.240 e. The van der Waals surface area contributed by atoms with Gasteiger partial charge in [0.2, 0.25) is 11.8 Å². The molecule has 0 radical (unpaired) electrons. The highest BCUT2D eigenvalue weighted by Crippen LogP contribution is 2.24. The van der Waals surface area contributed by atoms with Crippen molar-refractivity contribution in [2.75, 3.05) is 33.3 Å². The molecule has 6 heteroatoms. The summed E-state index contributed by atoms with van der Waals surface area (Å²) in [4.78, 5) is 8.53. The third-order valence-electron chi connectivity index (χ3n) is 2.16. The lowest BCUT2D eigenvalue weighted by Crippen LogP contribution is -2.21. The maximum Gasteiger partial charge on any atom is 0.240 e. The van der Waals surface area contributed by atoms with Gasteiger partial charge in [0.05, 0.1) is 26.5 Å². The summed E-state index contributed by atoms with van der Waals surface area (Å²) in [7, 11) is 5.03. The molecular formula is C10H17N3O2S. The van der Waals surface area contributed by atoms with E-state index in [0.717, 1.165) is 11.4 Å². The fourth-order valence-electron chi connectivity index (χ4n) is 1.32. The molecule has 0 aromatic carbocycles. The average molecular weight is 243 g/mol. The van der Waals surface area contributed by atoms with Gasteiger partial charge in [-0.2, -0.15) is 16.7 Å². The molecule has 0 saturated carbocycles. The molecule has 1 aromatic heterocycles. The van der Waals surface area contributed by atoms with E-state index in [2.05, 4.69) is 15.3 Å². The van der Waals surface area contributed by atoms with Gasteiger partial charge >= 0.3 is 0 Å². The lowest BCUT2D eigenvalue weighted by molar-refractivity contribution is 0.352. The van der Waals surface area contributed by atoms with E-state index in [1.165, 1.54) is 0 Å². The first-order chi connectivity index (χ1) is 7.76. The van der Waals surface area contributed by atoms with Crippen LogP contribution in [0.15, 0.2) is 6.20 Å². The lowest BCUT2D eigenvalue weighted by atomic mass is 10.2. The molecule has 1 N–H and O–H groups in total. The van der Waals surface area contributed by atoms with Gasteiger partial charge in [0.1, 0.15) is 5.69 Å². The fraction of sp³-hybridized carbons (Fsp3) is 0.600. The van der Waals surface area contributed by atoms with Crippen LogP contribution in [0.3, 0.4) is 0 Å². The summed E-state index contributed by atoms with van der Waals surface area (Å²) in [6.07, 6.45) is 3.65. The number of nitrogens with zero attached hydrogens (tertiary/aromatic N) is 2. The molecule has 0 aliphatic rings. The molecule has 0 saturated heterocycles. The molecule has 1 rings (SSSR count). The highest BCUT2D eigenvalue weighted by atomic mass is 32.2. The van der Waals surface area contributed by atoms with Crippen molar-refractivity contribution in [2.45, 2.75) is 6.04 Å². The Kier molecular flexibility index (Phi) is 5.34. The van der Waals surface area contributed by atoms with Crippen LogP contribution in [0.1, 0.15) is 11.7 Å². The zero-order valence-electron chi connectivity index (χ0n) is 9.98. The maximum absolute atomic E-state index is 5.21. The van der Waals surface area contributed by atoms with Gasteiger partial charge in [0.25, 0.3) is 0 Å². The van der Waals surface area contributed by atoms with E-state index in [0.29, 0.717) is 11.8 Å². The summed E-state index contributed by atoms with van der Waals surface area (Å²) < 4.78 is 10.2. The normalized spacial score (nSPS) is 12.2. The second kappa shape index (κ2) is 6.55. The second-order valence-corrected chi connectivity index (χ2v) is 4.01. The van der Waals surface area contributed by atoms with Crippen molar-refractivity contribution < 1.29 is 9.47 Å². The SMILES string of the molecule is CNC(CSC)c1ncc(OC)nc1OC. The number of nitrogens with one attached hydrogen (secondary N) is 1. The molecule has 0 fully saturated rings. The van der Waals surface area contributed by atoms with Crippen molar-refractivity contribution in [1.82, 2.24) is 15.3 Å². The van der Waals surface area contributed by atoms with Gasteiger partial charge in [-0.1, -0.05) is 0 Å². The molecule has 90 valence electrons. The standard InChI is InChI=1S/C10H17N3O2S/c1-11-7(6-16-4)9-10(15-3)13-8(14-2)5-12-9/h5,7,11H,6H2,1-4H3. The predicted octanol–water partition coefficient (Wildman–Crippen LogP) is 1.12. The zero-order valence-corrected chi connectivity index (χ0v) is 10.8. The van der Waals surface area contributed by atoms with Gasteiger partial charge < -0.3 is 14.8 Å². The minimum Gasteiger partial charge on any atom is -0.480 e. The van der Waals surface area contributed by atoms with Crippen molar-refractivity contribution in [3.05, 3.63) is 11.9 Å². The van der Waals surface area contributed by atoms with Crippen LogP contribution in [0.5, 0.6) is 11.8 Å². The largest absolute Gasteiger partial charge is 0.480 e. The Morgan fingerprint density at radius 2 is 2.19 bits per heavy atom. The number of thioether (sulfide) groups is 1. The van der Waals surface area contributed by atoms with Crippen molar-refractivity contribution in [3.8, 4) is 11.8 Å². The Morgan fingerprint density at radius 1 is 1.44 bits per heavy atom. The van der Waals surface area contributed by atoms with Crippen LogP contribution in [0.4, 0.5) is 0 Å². The molecule has 1 atom stereocenters. The molecular weight excluding hydrogens is 226 g/mol. The van der Waals surface area contributed by atoms with Gasteiger partial charge in [0, 0.05) is 5.75 Å². The number of rotatable bonds is 6. The number of aromatic nitrogens is 2. The first-order valence-corrected chi connectivity index (χ1v) is 6.27. The van der Waals surface area contributed by atoms with Crippen LogP contribution in [0.25, 0.3) is 0 Å². The van der Waals surface area contributed by atoms with Crippen LogP contribution >= 0.6 is 11.8 Å². The summed E-state index contributed by atoms with van der Waals surface area (Å²) in [5.74, 6) is 1.88. The number of methoxy groups -OCH3 is 2. The minimum atomic E-state index is 0.128. The Balaban J connectivity index is 3.01. The second-order valence-electron chi connectivity index (χ2n) is 3.10. The van der Waals surface area contributed by atoms with Crippen LogP contribution < -0.4 is 14.8 Å². The Morgan fingerprint density at radius 3 is 2.69 bits per heavy atom. The Bertz CT molecular complexity index is 336. The third-order valence-corrected chi connectivity index (χ3v) is 2.83. The van der Waals surface area contributed by atoms with Gasteiger partial charge in [-0.15, -0.1) is 0 Å². The molecule has 1 heterocycles. The van der Waals surface area contributed by atoms with Crippen molar-refractivity contribution in [3.63, 3.8) is 0 Å². The topological polar surface area (TPSA) is 56.3 Å². The lowest BCUT2D eigenvalue weighted by Gasteiger charge is -2.16. The summed E-state index contributed by atoms with van der Waals surface area (Å²) in [5, 5.41) is 3.19. The zero-order chi connectivity index (χ0) is 12.0. The molecule has 0 amide bonds. The van der Waals surface area contributed by atoms with E-state index < -0.39 is 0 Å². The maximum atomic E-state index is 5.21. The molecule has 0 aliphatic carbocycles. The van der Waals surface area contributed by atoms with Crippen LogP contribution in [-0.4, -0.2) is 43.2 Å². The summed E-state index contributed by atoms with van der Waals surface area (Å²) in [6.45, 7) is 0. The van der Waals surface area contributed by atoms with E-state index in [1.54, 1.807) is 32.2 Å². The first-order valence-electron chi connectivity index (χ1n) is 4.87. The molecule has 0 aliphatic heterocycles. The van der Waals surface area contributed by atoms with Crippen LogP contribution in [0.2, 0.25) is 0 Å². The van der Waals surface area contributed by atoms with E-state index in [1.807, 2.05) is 13.3 Å². The minimum absolute atomic E-state index is 0.128. The van der Waals surface area contributed by atoms with E-state index in [4.69, 9.17) is 9.47 Å². The van der Waals surface area contributed by atoms with Gasteiger partial charge in [-0.3, -0.25) is 0 Å². The summed E-state index contributed by atoms with van der Waals surface area (Å²) >= 11 is 1.74. The van der Waals surface area contributed by atoms with Gasteiger partial charge in [-0.25, -0.2) is 4.98 Å². The first kappa shape index (κ1) is 13.1. The fourth-order valence-corrected chi connectivity index (χ4v) is 1.98. The molecule has 0 spiro atoms. The average Bonchev–Trinajstić information content (AvgIpc) is 2.35. The highest BCUT2D eigenvalue weighted by Gasteiger charge is 2.17. The Hall–Kier alpha value is -1.01. The van der Waals surface area contributed by atoms with Crippen LogP contribution in [0, 0.1) is 0 Å². The molecule has 16 heavy (non-hydrogen) atoms.